The Hall–Kier alpha value is -2.17. The van der Waals surface area contributed by atoms with Gasteiger partial charge in [-0.2, -0.15) is 4.98 Å². The lowest BCUT2D eigenvalue weighted by Crippen LogP contribution is -2.18. The molecule has 0 radical (unpaired) electrons. The number of hydrogen-bond acceptors (Lipinski definition) is 5. The van der Waals surface area contributed by atoms with Crippen molar-refractivity contribution in [2.24, 2.45) is 0 Å². The first-order valence-electron chi connectivity index (χ1n) is 6.40. The number of nitrogens with zero attached hydrogens (tertiary/aromatic N) is 3. The van der Waals surface area contributed by atoms with E-state index in [9.17, 15) is 0 Å². The number of aromatic nitrogens is 3. The summed E-state index contributed by atoms with van der Waals surface area (Å²) >= 11 is 0. The Kier molecular flexibility index (Phi) is 4.28. The quantitative estimate of drug-likeness (QED) is 0.858. The van der Waals surface area contributed by atoms with Crippen molar-refractivity contribution in [2.75, 3.05) is 11.1 Å². The highest BCUT2D eigenvalue weighted by atomic mass is 15.2. The topological polar surface area (TPSA) is 76.7 Å². The molecule has 1 heterocycles. The summed E-state index contributed by atoms with van der Waals surface area (Å²) in [6.45, 7) is 4.20. The minimum absolute atomic E-state index is 0.239. The van der Waals surface area contributed by atoms with Crippen molar-refractivity contribution in [3.8, 4) is 0 Å². The molecule has 0 aliphatic carbocycles. The number of nitrogens with one attached hydrogen (secondary N) is 1. The molecule has 100 valence electrons. The number of anilines is 2. The van der Waals surface area contributed by atoms with E-state index >= 15 is 0 Å². The van der Waals surface area contributed by atoms with Crippen LogP contribution in [0.4, 0.5) is 11.9 Å². The van der Waals surface area contributed by atoms with E-state index in [1.165, 1.54) is 17.5 Å². The van der Waals surface area contributed by atoms with E-state index in [-0.39, 0.29) is 12.0 Å². The maximum Gasteiger partial charge on any atom is 0.227 e. The Balaban J connectivity index is 1.84. The molecule has 0 aliphatic heterocycles. The number of aryl methyl sites for hydroxylation is 2. The summed E-state index contributed by atoms with van der Waals surface area (Å²) in [4.78, 5) is 11.8. The van der Waals surface area contributed by atoms with Gasteiger partial charge in [-0.25, -0.2) is 9.97 Å². The van der Waals surface area contributed by atoms with Crippen molar-refractivity contribution in [3.63, 3.8) is 0 Å². The fourth-order valence-corrected chi connectivity index (χ4v) is 1.81. The van der Waals surface area contributed by atoms with Gasteiger partial charge >= 0.3 is 0 Å². The van der Waals surface area contributed by atoms with Gasteiger partial charge in [-0.1, -0.05) is 29.8 Å². The van der Waals surface area contributed by atoms with Crippen LogP contribution in [0.25, 0.3) is 0 Å². The fourth-order valence-electron chi connectivity index (χ4n) is 1.81. The summed E-state index contributed by atoms with van der Waals surface area (Å²) in [6.07, 6.45) is 3.45. The number of benzene rings is 1. The summed E-state index contributed by atoms with van der Waals surface area (Å²) in [7, 11) is 0. The van der Waals surface area contributed by atoms with Crippen molar-refractivity contribution < 1.29 is 0 Å². The van der Waals surface area contributed by atoms with Gasteiger partial charge < -0.3 is 11.1 Å². The molecule has 0 amide bonds. The van der Waals surface area contributed by atoms with Gasteiger partial charge in [-0.05, 0) is 32.3 Å². The molecule has 3 N–H and O–H groups in total. The Morgan fingerprint density at radius 3 is 2.63 bits per heavy atom. The zero-order valence-corrected chi connectivity index (χ0v) is 11.3. The lowest BCUT2D eigenvalue weighted by molar-refractivity contribution is 0.698. The molecule has 5 nitrogen and oxygen atoms in total. The molecule has 0 spiro atoms. The molecule has 5 heteroatoms. The SMILES string of the molecule is Cc1ccc(CCC(C)Nc2ncnc(N)n2)cc1. The van der Waals surface area contributed by atoms with E-state index in [0.717, 1.165) is 12.8 Å². The lowest BCUT2D eigenvalue weighted by Gasteiger charge is -2.13. The minimum Gasteiger partial charge on any atom is -0.368 e. The van der Waals surface area contributed by atoms with Crippen LogP contribution in [0.15, 0.2) is 30.6 Å². The zero-order valence-electron chi connectivity index (χ0n) is 11.3. The van der Waals surface area contributed by atoms with Crippen LogP contribution in [0.2, 0.25) is 0 Å². The Labute approximate surface area is 113 Å². The average molecular weight is 257 g/mol. The summed E-state index contributed by atoms with van der Waals surface area (Å²) in [5.74, 6) is 0.771. The van der Waals surface area contributed by atoms with Crippen molar-refractivity contribution in [1.29, 1.82) is 0 Å². The van der Waals surface area contributed by atoms with Crippen molar-refractivity contribution in [1.82, 2.24) is 15.0 Å². The van der Waals surface area contributed by atoms with Gasteiger partial charge in [-0.15, -0.1) is 0 Å². The van der Waals surface area contributed by atoms with E-state index in [1.54, 1.807) is 0 Å². The second kappa shape index (κ2) is 6.13. The van der Waals surface area contributed by atoms with Crippen LogP contribution in [0.1, 0.15) is 24.5 Å². The molecular formula is C14H19N5. The van der Waals surface area contributed by atoms with E-state index in [0.29, 0.717) is 5.95 Å². The first kappa shape index (κ1) is 13.3. The predicted molar refractivity (Wildman–Crippen MR) is 76.8 cm³/mol. The van der Waals surface area contributed by atoms with Crippen molar-refractivity contribution in [3.05, 3.63) is 41.7 Å². The molecule has 1 aromatic heterocycles. The van der Waals surface area contributed by atoms with Gasteiger partial charge in [0.15, 0.2) is 0 Å². The van der Waals surface area contributed by atoms with Crippen LogP contribution < -0.4 is 11.1 Å². The zero-order chi connectivity index (χ0) is 13.7. The number of hydrogen-bond donors (Lipinski definition) is 2. The molecule has 0 saturated carbocycles. The average Bonchev–Trinajstić information content (AvgIpc) is 2.38. The van der Waals surface area contributed by atoms with E-state index in [4.69, 9.17) is 5.73 Å². The summed E-state index contributed by atoms with van der Waals surface area (Å²) in [5, 5.41) is 3.22. The standard InChI is InChI=1S/C14H19N5/c1-10-3-6-12(7-4-10)8-5-11(2)18-14-17-9-16-13(15)19-14/h3-4,6-7,9,11H,5,8H2,1-2H3,(H3,15,16,17,18,19). The number of rotatable bonds is 5. The lowest BCUT2D eigenvalue weighted by atomic mass is 10.1. The van der Waals surface area contributed by atoms with Gasteiger partial charge in [-0.3, -0.25) is 0 Å². The first-order valence-corrected chi connectivity index (χ1v) is 6.40. The van der Waals surface area contributed by atoms with Crippen LogP contribution in [-0.2, 0) is 6.42 Å². The molecule has 1 unspecified atom stereocenters. The van der Waals surface area contributed by atoms with Crippen LogP contribution in [0.3, 0.4) is 0 Å². The van der Waals surface area contributed by atoms with Gasteiger partial charge in [0.2, 0.25) is 11.9 Å². The molecule has 1 aromatic carbocycles. The highest BCUT2D eigenvalue weighted by molar-refractivity contribution is 5.30. The minimum atomic E-state index is 0.239. The summed E-state index contributed by atoms with van der Waals surface area (Å²) in [6, 6.07) is 8.90. The first-order chi connectivity index (χ1) is 9.13. The molecular weight excluding hydrogens is 238 g/mol. The monoisotopic (exact) mass is 257 g/mol. The molecule has 0 aliphatic rings. The second-order valence-electron chi connectivity index (χ2n) is 4.74. The number of nitrogens with two attached hydrogens (primary N) is 1. The van der Waals surface area contributed by atoms with E-state index < -0.39 is 0 Å². The maximum atomic E-state index is 5.51. The van der Waals surface area contributed by atoms with Gasteiger partial charge in [0.25, 0.3) is 0 Å². The smallest absolute Gasteiger partial charge is 0.227 e. The molecule has 0 bridgehead atoms. The highest BCUT2D eigenvalue weighted by Crippen LogP contribution is 2.09. The fraction of sp³-hybridized carbons (Fsp3) is 0.357. The van der Waals surface area contributed by atoms with E-state index in [1.807, 2.05) is 0 Å². The van der Waals surface area contributed by atoms with E-state index in [2.05, 4.69) is 58.4 Å². The molecule has 2 rings (SSSR count). The third-order valence-electron chi connectivity index (χ3n) is 2.95. The second-order valence-corrected chi connectivity index (χ2v) is 4.74. The van der Waals surface area contributed by atoms with Crippen molar-refractivity contribution >= 4 is 11.9 Å². The molecule has 0 saturated heterocycles. The molecule has 1 atom stereocenters. The molecule has 2 aromatic rings. The Bertz CT molecular complexity index is 524. The Morgan fingerprint density at radius 1 is 1.21 bits per heavy atom. The van der Waals surface area contributed by atoms with Crippen LogP contribution >= 0.6 is 0 Å². The molecule has 19 heavy (non-hydrogen) atoms. The van der Waals surface area contributed by atoms with Gasteiger partial charge in [0, 0.05) is 6.04 Å². The molecule has 0 fully saturated rings. The summed E-state index contributed by atoms with van der Waals surface area (Å²) in [5.41, 5.74) is 8.14. The third-order valence-corrected chi connectivity index (χ3v) is 2.95. The number of nitrogen functional groups attached to an aromatic ring is 1. The van der Waals surface area contributed by atoms with Crippen LogP contribution in [0, 0.1) is 6.92 Å². The third kappa shape index (κ3) is 4.21. The normalized spacial score (nSPS) is 12.1. The van der Waals surface area contributed by atoms with Crippen LogP contribution in [0.5, 0.6) is 0 Å². The van der Waals surface area contributed by atoms with Crippen molar-refractivity contribution in [2.45, 2.75) is 32.7 Å². The van der Waals surface area contributed by atoms with Gasteiger partial charge in [0.1, 0.15) is 6.33 Å². The van der Waals surface area contributed by atoms with Gasteiger partial charge in [0.05, 0.1) is 0 Å². The predicted octanol–water partition coefficient (Wildman–Crippen LogP) is 2.20. The largest absolute Gasteiger partial charge is 0.368 e. The Morgan fingerprint density at radius 2 is 1.95 bits per heavy atom. The maximum absolute atomic E-state index is 5.51. The highest BCUT2D eigenvalue weighted by Gasteiger charge is 2.05. The summed E-state index contributed by atoms with van der Waals surface area (Å²) < 4.78 is 0. The van der Waals surface area contributed by atoms with Crippen LogP contribution in [-0.4, -0.2) is 21.0 Å².